The lowest BCUT2D eigenvalue weighted by atomic mass is 9.69. The molecule has 0 fully saturated rings. The number of nitrogens with one attached hydrogen (secondary N) is 1. The highest BCUT2D eigenvalue weighted by atomic mass is 32.1. The summed E-state index contributed by atoms with van der Waals surface area (Å²) in [6.07, 6.45) is 3.84. The molecule has 6 nitrogen and oxygen atoms in total. The summed E-state index contributed by atoms with van der Waals surface area (Å²) in [6.45, 7) is 6.81. The Labute approximate surface area is 181 Å². The third-order valence-electron chi connectivity index (χ3n) is 6.40. The first-order valence-electron chi connectivity index (χ1n) is 10.2. The number of nitrogens with two attached hydrogens (primary N) is 1. The summed E-state index contributed by atoms with van der Waals surface area (Å²) in [4.78, 5) is 26.3. The van der Waals surface area contributed by atoms with Gasteiger partial charge < -0.3 is 20.5 Å². The Morgan fingerprint density at radius 3 is 2.53 bits per heavy atom. The summed E-state index contributed by atoms with van der Waals surface area (Å²) < 4.78 is 10.5. The molecule has 1 aliphatic carbocycles. The molecular weight excluding hydrogens is 400 g/mol. The number of amides is 2. The van der Waals surface area contributed by atoms with Crippen LogP contribution in [0.25, 0.3) is 0 Å². The van der Waals surface area contributed by atoms with Crippen LogP contribution in [0.2, 0.25) is 0 Å². The van der Waals surface area contributed by atoms with Crippen LogP contribution in [0.4, 0.5) is 5.00 Å². The van der Waals surface area contributed by atoms with Crippen molar-refractivity contribution in [3.8, 4) is 11.5 Å². The molecule has 0 saturated carbocycles. The molecule has 1 atom stereocenters. The number of thiophene rings is 1. The van der Waals surface area contributed by atoms with Crippen molar-refractivity contribution in [2.45, 2.75) is 46.5 Å². The van der Waals surface area contributed by atoms with Crippen molar-refractivity contribution in [1.29, 1.82) is 0 Å². The van der Waals surface area contributed by atoms with Crippen molar-refractivity contribution < 1.29 is 19.1 Å². The summed E-state index contributed by atoms with van der Waals surface area (Å²) in [7, 11) is 3.06. The zero-order chi connectivity index (χ0) is 22.1. The van der Waals surface area contributed by atoms with E-state index in [2.05, 4.69) is 26.1 Å². The van der Waals surface area contributed by atoms with Gasteiger partial charge in [0, 0.05) is 10.4 Å². The monoisotopic (exact) mass is 430 g/mol. The number of methoxy groups -OCH3 is 2. The Bertz CT molecular complexity index is 964. The minimum atomic E-state index is -0.497. The summed E-state index contributed by atoms with van der Waals surface area (Å²) >= 11 is 1.47. The fourth-order valence-corrected chi connectivity index (χ4v) is 5.37. The maximum Gasteiger partial charge on any atom is 0.256 e. The van der Waals surface area contributed by atoms with Gasteiger partial charge in [0.25, 0.3) is 11.8 Å². The predicted molar refractivity (Wildman–Crippen MR) is 120 cm³/mol. The molecule has 2 amide bonds. The third-order valence-corrected chi connectivity index (χ3v) is 7.57. The van der Waals surface area contributed by atoms with Crippen molar-refractivity contribution in [2.24, 2.45) is 17.1 Å². The standard InChI is InChI=1S/C23H30N2O4S/c1-6-23(2,3)14-8-9-15-18(12-14)30-22(19(15)20(24)26)25-21(27)13-7-10-16(28-4)17(11-13)29-5/h7,10-11,14H,6,8-9,12H2,1-5H3,(H2,24,26)(H,25,27). The minimum Gasteiger partial charge on any atom is -0.493 e. The predicted octanol–water partition coefficient (Wildman–Crippen LogP) is 4.66. The maximum atomic E-state index is 12.9. The number of carbonyl (C=O) groups excluding carboxylic acids is 2. The quantitative estimate of drug-likeness (QED) is 0.668. The molecule has 0 radical (unpaired) electrons. The second kappa shape index (κ2) is 8.68. The van der Waals surface area contributed by atoms with Gasteiger partial charge in [0.1, 0.15) is 5.00 Å². The van der Waals surface area contributed by atoms with E-state index in [-0.39, 0.29) is 11.3 Å². The molecule has 0 bridgehead atoms. The lowest BCUT2D eigenvalue weighted by Crippen LogP contribution is -2.29. The number of anilines is 1. The van der Waals surface area contributed by atoms with Crippen molar-refractivity contribution in [3.05, 3.63) is 39.8 Å². The van der Waals surface area contributed by atoms with Gasteiger partial charge in [-0.05, 0) is 54.4 Å². The van der Waals surface area contributed by atoms with Crippen LogP contribution >= 0.6 is 11.3 Å². The zero-order valence-electron chi connectivity index (χ0n) is 18.3. The average molecular weight is 431 g/mol. The van der Waals surface area contributed by atoms with E-state index in [1.165, 1.54) is 18.4 Å². The first kappa shape index (κ1) is 22.2. The fourth-order valence-electron chi connectivity index (χ4n) is 4.04. The average Bonchev–Trinajstić information content (AvgIpc) is 3.10. The molecular formula is C23H30N2O4S. The lowest BCUT2D eigenvalue weighted by Gasteiger charge is -2.36. The molecule has 0 aliphatic heterocycles. The van der Waals surface area contributed by atoms with Crippen LogP contribution in [0.1, 0.15) is 64.8 Å². The van der Waals surface area contributed by atoms with Crippen LogP contribution in [-0.2, 0) is 12.8 Å². The van der Waals surface area contributed by atoms with E-state index in [0.717, 1.165) is 36.1 Å². The smallest absolute Gasteiger partial charge is 0.256 e. The highest BCUT2D eigenvalue weighted by Crippen LogP contribution is 2.45. The molecule has 1 unspecified atom stereocenters. The van der Waals surface area contributed by atoms with Crippen LogP contribution in [0.3, 0.4) is 0 Å². The molecule has 1 heterocycles. The van der Waals surface area contributed by atoms with Gasteiger partial charge in [-0.1, -0.05) is 27.2 Å². The van der Waals surface area contributed by atoms with Crippen molar-refractivity contribution in [1.82, 2.24) is 0 Å². The molecule has 3 N–H and O–H groups in total. The Morgan fingerprint density at radius 2 is 1.93 bits per heavy atom. The molecule has 30 heavy (non-hydrogen) atoms. The van der Waals surface area contributed by atoms with Crippen LogP contribution in [0, 0.1) is 11.3 Å². The summed E-state index contributed by atoms with van der Waals surface area (Å²) in [5.74, 6) is 0.744. The van der Waals surface area contributed by atoms with Gasteiger partial charge in [0.15, 0.2) is 11.5 Å². The summed E-state index contributed by atoms with van der Waals surface area (Å²) in [5.41, 5.74) is 7.81. The highest BCUT2D eigenvalue weighted by Gasteiger charge is 2.35. The zero-order valence-corrected chi connectivity index (χ0v) is 19.1. The Morgan fingerprint density at radius 1 is 1.23 bits per heavy atom. The fraction of sp³-hybridized carbons (Fsp3) is 0.478. The van der Waals surface area contributed by atoms with E-state index in [4.69, 9.17) is 15.2 Å². The molecule has 1 aromatic heterocycles. The van der Waals surface area contributed by atoms with Gasteiger partial charge in [0.2, 0.25) is 0 Å². The molecule has 0 spiro atoms. The van der Waals surface area contributed by atoms with Crippen molar-refractivity contribution in [2.75, 3.05) is 19.5 Å². The first-order valence-corrected chi connectivity index (χ1v) is 11.0. The van der Waals surface area contributed by atoms with Gasteiger partial charge in [0.05, 0.1) is 19.8 Å². The van der Waals surface area contributed by atoms with Gasteiger partial charge in [-0.3, -0.25) is 9.59 Å². The molecule has 1 aliphatic rings. The van der Waals surface area contributed by atoms with Crippen LogP contribution in [0.5, 0.6) is 11.5 Å². The van der Waals surface area contributed by atoms with Gasteiger partial charge >= 0.3 is 0 Å². The molecule has 0 saturated heterocycles. The second-order valence-electron chi connectivity index (χ2n) is 8.38. The van der Waals surface area contributed by atoms with E-state index < -0.39 is 5.91 Å². The van der Waals surface area contributed by atoms with Gasteiger partial charge in [-0.15, -0.1) is 11.3 Å². The molecule has 1 aromatic carbocycles. The number of fused-ring (bicyclic) bond motifs is 1. The number of rotatable bonds is 7. The topological polar surface area (TPSA) is 90.7 Å². The van der Waals surface area contributed by atoms with Crippen LogP contribution < -0.4 is 20.5 Å². The van der Waals surface area contributed by atoms with Crippen LogP contribution in [0.15, 0.2) is 18.2 Å². The molecule has 162 valence electrons. The van der Waals surface area contributed by atoms with Gasteiger partial charge in [-0.25, -0.2) is 0 Å². The number of carbonyl (C=O) groups is 2. The Hall–Kier alpha value is -2.54. The van der Waals surface area contributed by atoms with E-state index in [9.17, 15) is 9.59 Å². The van der Waals surface area contributed by atoms with E-state index >= 15 is 0 Å². The highest BCUT2D eigenvalue weighted by molar-refractivity contribution is 7.17. The lowest BCUT2D eigenvalue weighted by molar-refractivity contribution is 0.0999. The van der Waals surface area contributed by atoms with E-state index in [1.807, 2.05) is 0 Å². The number of benzene rings is 1. The molecule has 7 heteroatoms. The van der Waals surface area contributed by atoms with Crippen molar-refractivity contribution in [3.63, 3.8) is 0 Å². The van der Waals surface area contributed by atoms with E-state index in [0.29, 0.717) is 33.5 Å². The molecule has 2 aromatic rings. The van der Waals surface area contributed by atoms with Gasteiger partial charge in [-0.2, -0.15) is 0 Å². The van der Waals surface area contributed by atoms with E-state index in [1.54, 1.807) is 25.3 Å². The normalized spacial score (nSPS) is 16.0. The largest absolute Gasteiger partial charge is 0.493 e. The minimum absolute atomic E-state index is 0.234. The Kier molecular flexibility index (Phi) is 6.41. The maximum absolute atomic E-state index is 12.9. The van der Waals surface area contributed by atoms with Crippen LogP contribution in [-0.4, -0.2) is 26.0 Å². The van der Waals surface area contributed by atoms with Crippen molar-refractivity contribution >= 4 is 28.2 Å². The SMILES string of the molecule is CCC(C)(C)C1CCc2c(sc(NC(=O)c3ccc(OC)c(OC)c3)c2C(N)=O)C1. The summed E-state index contributed by atoms with van der Waals surface area (Å²) in [6, 6.07) is 4.96. The number of hydrogen-bond donors (Lipinski definition) is 2. The number of primary amides is 1. The Balaban J connectivity index is 1.90. The second-order valence-corrected chi connectivity index (χ2v) is 9.48. The third kappa shape index (κ3) is 4.17. The summed E-state index contributed by atoms with van der Waals surface area (Å²) in [5, 5.41) is 3.43. The first-order chi connectivity index (χ1) is 14.2. The molecule has 3 rings (SSSR count). The number of hydrogen-bond acceptors (Lipinski definition) is 5. The number of ether oxygens (including phenoxy) is 2.